The standard InChI is InChI=1S/C15H22N4O2/c1-10-11-3-4-16-7-12(11)18-15(17-10)20-6-2-5-19-8-14-13(19)9-21-14/h13-14,16H,2-9H2,1H3/t13-,14?/m1/s1. The molecule has 0 amide bonds. The third kappa shape index (κ3) is 2.52. The summed E-state index contributed by atoms with van der Waals surface area (Å²) < 4.78 is 11.1. The topological polar surface area (TPSA) is 59.5 Å². The lowest BCUT2D eigenvalue weighted by Crippen LogP contribution is -2.70. The van der Waals surface area contributed by atoms with Gasteiger partial charge < -0.3 is 14.8 Å². The normalized spacial score (nSPS) is 27.3. The van der Waals surface area contributed by atoms with Crippen LogP contribution in [0.5, 0.6) is 6.01 Å². The molecule has 21 heavy (non-hydrogen) atoms. The van der Waals surface area contributed by atoms with Crippen LogP contribution in [-0.2, 0) is 17.7 Å². The van der Waals surface area contributed by atoms with E-state index in [1.165, 1.54) is 5.56 Å². The number of nitrogens with one attached hydrogen (secondary N) is 1. The predicted octanol–water partition coefficient (Wildman–Crippen LogP) is 0.283. The van der Waals surface area contributed by atoms with Crippen LogP contribution in [0.15, 0.2) is 0 Å². The number of aryl methyl sites for hydroxylation is 1. The summed E-state index contributed by atoms with van der Waals surface area (Å²) in [5, 5.41) is 3.34. The minimum atomic E-state index is 0.519. The molecular formula is C15H22N4O2. The van der Waals surface area contributed by atoms with Crippen molar-refractivity contribution in [2.24, 2.45) is 0 Å². The summed E-state index contributed by atoms with van der Waals surface area (Å²) in [4.78, 5) is 11.5. The van der Waals surface area contributed by atoms with Gasteiger partial charge in [-0.2, -0.15) is 4.98 Å². The van der Waals surface area contributed by atoms with Crippen molar-refractivity contribution in [3.8, 4) is 6.01 Å². The highest BCUT2D eigenvalue weighted by Gasteiger charge is 2.46. The third-order valence-electron chi connectivity index (χ3n) is 4.74. The van der Waals surface area contributed by atoms with Crippen LogP contribution < -0.4 is 10.1 Å². The van der Waals surface area contributed by atoms with Crippen LogP contribution in [-0.4, -0.2) is 59.9 Å². The van der Waals surface area contributed by atoms with E-state index in [1.54, 1.807) is 0 Å². The zero-order valence-corrected chi connectivity index (χ0v) is 12.5. The molecule has 0 spiro atoms. The fourth-order valence-corrected chi connectivity index (χ4v) is 3.33. The average molecular weight is 290 g/mol. The Morgan fingerprint density at radius 2 is 2.38 bits per heavy atom. The highest BCUT2D eigenvalue weighted by Crippen LogP contribution is 2.29. The van der Waals surface area contributed by atoms with Crippen molar-refractivity contribution >= 4 is 0 Å². The van der Waals surface area contributed by atoms with E-state index in [-0.39, 0.29) is 0 Å². The van der Waals surface area contributed by atoms with Crippen molar-refractivity contribution < 1.29 is 9.47 Å². The summed E-state index contributed by atoms with van der Waals surface area (Å²) in [6.45, 7) is 7.65. The molecule has 1 N–H and O–H groups in total. The molecule has 1 aromatic heterocycles. The van der Waals surface area contributed by atoms with Crippen molar-refractivity contribution in [2.45, 2.75) is 38.5 Å². The second-order valence-corrected chi connectivity index (χ2v) is 6.08. The Bertz CT molecular complexity index is 537. The van der Waals surface area contributed by atoms with E-state index in [9.17, 15) is 0 Å². The van der Waals surface area contributed by atoms with E-state index in [4.69, 9.17) is 9.47 Å². The Hall–Kier alpha value is -1.24. The van der Waals surface area contributed by atoms with Gasteiger partial charge in [-0.1, -0.05) is 0 Å². The number of fused-ring (bicyclic) bond motifs is 2. The smallest absolute Gasteiger partial charge is 0.316 e. The first-order valence-electron chi connectivity index (χ1n) is 7.87. The predicted molar refractivity (Wildman–Crippen MR) is 77.4 cm³/mol. The van der Waals surface area contributed by atoms with E-state index >= 15 is 0 Å². The average Bonchev–Trinajstić information content (AvgIpc) is 2.47. The number of hydrogen-bond donors (Lipinski definition) is 1. The second-order valence-electron chi connectivity index (χ2n) is 6.08. The fraction of sp³-hybridized carbons (Fsp3) is 0.733. The number of likely N-dealkylation sites (tertiary alicyclic amines) is 1. The lowest BCUT2D eigenvalue weighted by Gasteiger charge is -2.55. The summed E-state index contributed by atoms with van der Waals surface area (Å²) in [7, 11) is 0. The van der Waals surface area contributed by atoms with E-state index in [0.717, 1.165) is 57.0 Å². The molecule has 4 heterocycles. The van der Waals surface area contributed by atoms with Gasteiger partial charge in [-0.3, -0.25) is 4.90 Å². The molecular weight excluding hydrogens is 268 g/mol. The number of rotatable bonds is 5. The molecule has 0 aliphatic carbocycles. The van der Waals surface area contributed by atoms with E-state index in [0.29, 0.717) is 24.8 Å². The zero-order chi connectivity index (χ0) is 14.2. The molecule has 3 aliphatic rings. The molecule has 4 rings (SSSR count). The second kappa shape index (κ2) is 5.51. The molecule has 2 saturated heterocycles. The van der Waals surface area contributed by atoms with Crippen LogP contribution in [0.3, 0.4) is 0 Å². The van der Waals surface area contributed by atoms with Crippen molar-refractivity contribution in [3.05, 3.63) is 17.0 Å². The van der Waals surface area contributed by atoms with Gasteiger partial charge in [0.05, 0.1) is 31.1 Å². The molecule has 6 nitrogen and oxygen atoms in total. The summed E-state index contributed by atoms with van der Waals surface area (Å²) >= 11 is 0. The number of morpholine rings is 1. The van der Waals surface area contributed by atoms with Gasteiger partial charge in [0.15, 0.2) is 0 Å². The largest absolute Gasteiger partial charge is 0.463 e. The summed E-state index contributed by atoms with van der Waals surface area (Å²) in [5.41, 5.74) is 3.45. The van der Waals surface area contributed by atoms with Gasteiger partial charge in [-0.25, -0.2) is 4.98 Å². The molecule has 2 fully saturated rings. The summed E-state index contributed by atoms with van der Waals surface area (Å²) in [6.07, 6.45) is 2.55. The van der Waals surface area contributed by atoms with Gasteiger partial charge in [-0.15, -0.1) is 0 Å². The van der Waals surface area contributed by atoms with E-state index in [2.05, 4.69) is 27.1 Å². The molecule has 0 bridgehead atoms. The van der Waals surface area contributed by atoms with Gasteiger partial charge >= 0.3 is 6.01 Å². The maximum Gasteiger partial charge on any atom is 0.316 e. The van der Waals surface area contributed by atoms with E-state index in [1.807, 2.05) is 0 Å². The van der Waals surface area contributed by atoms with E-state index < -0.39 is 0 Å². The maximum atomic E-state index is 5.74. The van der Waals surface area contributed by atoms with Crippen LogP contribution in [0, 0.1) is 6.92 Å². The van der Waals surface area contributed by atoms with Crippen molar-refractivity contribution in [3.63, 3.8) is 0 Å². The number of hydrogen-bond acceptors (Lipinski definition) is 6. The Morgan fingerprint density at radius 1 is 1.43 bits per heavy atom. The van der Waals surface area contributed by atoms with Crippen LogP contribution in [0.2, 0.25) is 0 Å². The summed E-state index contributed by atoms with van der Waals surface area (Å²) in [5.74, 6) is 0. The Kier molecular flexibility index (Phi) is 3.52. The van der Waals surface area contributed by atoms with Crippen LogP contribution in [0.1, 0.15) is 23.4 Å². The van der Waals surface area contributed by atoms with Gasteiger partial charge in [0.25, 0.3) is 0 Å². The Labute approximate surface area is 124 Å². The first-order valence-corrected chi connectivity index (χ1v) is 7.87. The minimum absolute atomic E-state index is 0.519. The molecule has 114 valence electrons. The molecule has 3 aliphatic heterocycles. The van der Waals surface area contributed by atoms with Gasteiger partial charge in [-0.05, 0) is 31.9 Å². The Balaban J connectivity index is 1.27. The first-order chi connectivity index (χ1) is 10.3. The molecule has 6 heteroatoms. The van der Waals surface area contributed by atoms with Gasteiger partial charge in [0.1, 0.15) is 0 Å². The highest BCUT2D eigenvalue weighted by molar-refractivity contribution is 5.28. The molecule has 0 saturated carbocycles. The Morgan fingerprint density at radius 3 is 3.14 bits per heavy atom. The van der Waals surface area contributed by atoms with Gasteiger partial charge in [0, 0.05) is 25.3 Å². The maximum absolute atomic E-state index is 5.74. The number of aromatic nitrogens is 2. The first kappa shape index (κ1) is 13.4. The highest BCUT2D eigenvalue weighted by atomic mass is 16.5. The van der Waals surface area contributed by atoms with Gasteiger partial charge in [0.2, 0.25) is 0 Å². The molecule has 2 atom stereocenters. The zero-order valence-electron chi connectivity index (χ0n) is 12.5. The van der Waals surface area contributed by atoms with Crippen LogP contribution in [0.25, 0.3) is 0 Å². The van der Waals surface area contributed by atoms with Crippen molar-refractivity contribution in [1.82, 2.24) is 20.2 Å². The fourth-order valence-electron chi connectivity index (χ4n) is 3.33. The molecule has 1 unspecified atom stereocenters. The van der Waals surface area contributed by atoms with Crippen molar-refractivity contribution in [1.29, 1.82) is 0 Å². The molecule has 0 aromatic carbocycles. The number of nitrogens with zero attached hydrogens (tertiary/aromatic N) is 3. The third-order valence-corrected chi connectivity index (χ3v) is 4.74. The SMILES string of the molecule is Cc1nc(OCCCN2CC3OC[C@H]32)nc2c1CCNC2. The lowest BCUT2D eigenvalue weighted by atomic mass is 9.95. The van der Waals surface area contributed by atoms with Crippen LogP contribution >= 0.6 is 0 Å². The number of ether oxygens (including phenoxy) is 2. The summed E-state index contributed by atoms with van der Waals surface area (Å²) in [6, 6.07) is 1.21. The van der Waals surface area contributed by atoms with Crippen LogP contribution in [0.4, 0.5) is 0 Å². The lowest BCUT2D eigenvalue weighted by molar-refractivity contribution is -0.214. The monoisotopic (exact) mass is 290 g/mol. The molecule has 1 aromatic rings. The minimum Gasteiger partial charge on any atom is -0.463 e. The quantitative estimate of drug-likeness (QED) is 0.786. The van der Waals surface area contributed by atoms with Crippen molar-refractivity contribution in [2.75, 3.05) is 32.8 Å². The molecule has 0 radical (unpaired) electrons.